The van der Waals surface area contributed by atoms with Crippen LogP contribution in [0.4, 0.5) is 10.1 Å². The van der Waals surface area contributed by atoms with Gasteiger partial charge < -0.3 is 19.7 Å². The molecular formula is C27H27FN4O2. The minimum Gasteiger partial charge on any atom is -0.351 e. The predicted molar refractivity (Wildman–Crippen MR) is 132 cm³/mol. The smallest absolute Gasteiger partial charge is 0.256 e. The molecule has 0 spiro atoms. The van der Waals surface area contributed by atoms with Gasteiger partial charge in [-0.3, -0.25) is 9.59 Å². The van der Waals surface area contributed by atoms with E-state index in [0.717, 1.165) is 48.6 Å². The Kier molecular flexibility index (Phi) is 5.79. The van der Waals surface area contributed by atoms with Gasteiger partial charge in [0.1, 0.15) is 5.82 Å². The number of nitrogens with zero attached hydrogens (tertiary/aromatic N) is 3. The molecule has 0 radical (unpaired) electrons. The minimum atomic E-state index is -0.329. The first kappa shape index (κ1) is 22.1. The molecule has 2 amide bonds. The first-order valence-corrected chi connectivity index (χ1v) is 11.4. The molecule has 174 valence electrons. The van der Waals surface area contributed by atoms with Crippen molar-refractivity contribution in [3.8, 4) is 11.1 Å². The van der Waals surface area contributed by atoms with E-state index in [-0.39, 0.29) is 24.1 Å². The molecule has 0 bridgehead atoms. The van der Waals surface area contributed by atoms with Crippen LogP contribution in [0.15, 0.2) is 54.7 Å². The van der Waals surface area contributed by atoms with Crippen LogP contribution in [-0.4, -0.2) is 59.4 Å². The maximum absolute atomic E-state index is 13.9. The zero-order valence-electron chi connectivity index (χ0n) is 19.3. The third kappa shape index (κ3) is 4.15. The molecule has 1 N–H and O–H groups in total. The van der Waals surface area contributed by atoms with Crippen molar-refractivity contribution in [2.24, 2.45) is 7.05 Å². The third-order valence-electron chi connectivity index (χ3n) is 6.65. The maximum Gasteiger partial charge on any atom is 0.256 e. The molecule has 34 heavy (non-hydrogen) atoms. The number of anilines is 1. The summed E-state index contributed by atoms with van der Waals surface area (Å²) in [6, 6.07) is 13.9. The van der Waals surface area contributed by atoms with Crippen LogP contribution in [0, 0.1) is 5.82 Å². The Hall–Kier alpha value is -3.71. The van der Waals surface area contributed by atoms with Crippen LogP contribution in [0.3, 0.4) is 0 Å². The molecule has 7 heteroatoms. The Labute approximate surface area is 198 Å². The molecule has 3 aromatic rings. The minimum absolute atomic E-state index is 0.0932. The van der Waals surface area contributed by atoms with Crippen molar-refractivity contribution in [3.05, 3.63) is 77.4 Å². The molecule has 2 aliphatic heterocycles. The van der Waals surface area contributed by atoms with Gasteiger partial charge >= 0.3 is 0 Å². The Bertz CT molecular complexity index is 1300. The summed E-state index contributed by atoms with van der Waals surface area (Å²) in [5, 5.41) is 2.93. The summed E-state index contributed by atoms with van der Waals surface area (Å²) >= 11 is 0. The Morgan fingerprint density at radius 3 is 2.59 bits per heavy atom. The van der Waals surface area contributed by atoms with E-state index in [0.29, 0.717) is 16.8 Å². The summed E-state index contributed by atoms with van der Waals surface area (Å²) in [4.78, 5) is 30.1. The molecule has 3 heterocycles. The van der Waals surface area contributed by atoms with Crippen molar-refractivity contribution in [2.45, 2.75) is 6.42 Å². The fourth-order valence-corrected chi connectivity index (χ4v) is 4.69. The lowest BCUT2D eigenvalue weighted by Crippen LogP contribution is -2.47. The number of aromatic nitrogens is 1. The average molecular weight is 459 g/mol. The molecule has 6 nitrogen and oxygen atoms in total. The summed E-state index contributed by atoms with van der Waals surface area (Å²) in [5.74, 6) is -0.447. The van der Waals surface area contributed by atoms with Gasteiger partial charge in [-0.15, -0.1) is 0 Å². The molecule has 0 unspecified atom stereocenters. The second-order valence-corrected chi connectivity index (χ2v) is 8.95. The van der Waals surface area contributed by atoms with Crippen molar-refractivity contribution < 1.29 is 14.0 Å². The number of hydrogen-bond acceptors (Lipinski definition) is 3. The number of fused-ring (bicyclic) bond motifs is 1. The van der Waals surface area contributed by atoms with Crippen LogP contribution in [0.2, 0.25) is 0 Å². The van der Waals surface area contributed by atoms with Crippen LogP contribution < -0.4 is 5.32 Å². The second-order valence-electron chi connectivity index (χ2n) is 8.95. The van der Waals surface area contributed by atoms with Crippen molar-refractivity contribution in [1.82, 2.24) is 14.4 Å². The normalized spacial score (nSPS) is 17.2. The number of carbonyl (C=O) groups excluding carboxylic acids is 2. The molecule has 0 saturated carbocycles. The highest BCUT2D eigenvalue weighted by Crippen LogP contribution is 2.40. The molecule has 2 aromatic carbocycles. The number of halogens is 1. The summed E-state index contributed by atoms with van der Waals surface area (Å²) in [7, 11) is 3.97. The number of carbonyl (C=O) groups is 2. The van der Waals surface area contributed by atoms with Gasteiger partial charge in [0, 0.05) is 56.4 Å². The van der Waals surface area contributed by atoms with Gasteiger partial charge in [-0.25, -0.2) is 4.39 Å². The highest BCUT2D eigenvalue weighted by atomic mass is 19.1. The zero-order chi connectivity index (χ0) is 23.8. The van der Waals surface area contributed by atoms with Crippen LogP contribution in [0.25, 0.3) is 22.8 Å². The SMILES string of the molecule is CN1CCN(C(=O)Cc2ccn(C)c2/C=C2\C(=O)Nc3cccc(-c4cccc(F)c4)c32)CC1. The lowest BCUT2D eigenvalue weighted by atomic mass is 9.94. The molecule has 1 aromatic heterocycles. The largest absolute Gasteiger partial charge is 0.351 e. The Morgan fingerprint density at radius 2 is 1.82 bits per heavy atom. The fraction of sp³-hybridized carbons (Fsp3) is 0.259. The summed E-state index contributed by atoms with van der Waals surface area (Å²) in [6.07, 6.45) is 4.03. The summed E-state index contributed by atoms with van der Waals surface area (Å²) in [5.41, 5.74) is 5.13. The van der Waals surface area contributed by atoms with E-state index in [9.17, 15) is 14.0 Å². The fourth-order valence-electron chi connectivity index (χ4n) is 4.69. The standard InChI is InChI=1S/C27H27FN4O2/c1-30-11-13-32(14-12-30)25(33)16-19-9-10-31(2)24(19)17-22-26-21(18-5-3-6-20(28)15-18)7-4-8-23(26)29-27(22)34/h3-10,15,17H,11-14,16H2,1-2H3,(H,29,34)/b22-17-. The van der Waals surface area contributed by atoms with Crippen LogP contribution in [-0.2, 0) is 23.1 Å². The van der Waals surface area contributed by atoms with E-state index < -0.39 is 0 Å². The van der Waals surface area contributed by atoms with Gasteiger partial charge in [-0.2, -0.15) is 0 Å². The van der Waals surface area contributed by atoms with Gasteiger partial charge in [-0.05, 0) is 54.1 Å². The topological polar surface area (TPSA) is 57.6 Å². The summed E-state index contributed by atoms with van der Waals surface area (Å²) in [6.45, 7) is 3.20. The van der Waals surface area contributed by atoms with Gasteiger partial charge in [0.25, 0.3) is 5.91 Å². The molecule has 1 saturated heterocycles. The van der Waals surface area contributed by atoms with E-state index in [4.69, 9.17) is 0 Å². The van der Waals surface area contributed by atoms with E-state index in [2.05, 4.69) is 17.3 Å². The monoisotopic (exact) mass is 458 g/mol. The first-order chi connectivity index (χ1) is 16.4. The quantitative estimate of drug-likeness (QED) is 0.608. The number of aryl methyl sites for hydroxylation is 1. The molecule has 0 atom stereocenters. The van der Waals surface area contributed by atoms with Crippen LogP contribution in [0.5, 0.6) is 0 Å². The van der Waals surface area contributed by atoms with Gasteiger partial charge in [0.05, 0.1) is 12.0 Å². The number of rotatable bonds is 4. The van der Waals surface area contributed by atoms with Gasteiger partial charge in [0.15, 0.2) is 0 Å². The van der Waals surface area contributed by atoms with Crippen molar-refractivity contribution >= 4 is 29.2 Å². The zero-order valence-corrected chi connectivity index (χ0v) is 19.3. The van der Waals surface area contributed by atoms with E-state index in [1.54, 1.807) is 6.07 Å². The second kappa shape index (κ2) is 8.91. The highest BCUT2D eigenvalue weighted by Gasteiger charge is 2.28. The van der Waals surface area contributed by atoms with Crippen LogP contribution >= 0.6 is 0 Å². The van der Waals surface area contributed by atoms with Gasteiger partial charge in [0.2, 0.25) is 5.91 Å². The molecule has 0 aliphatic carbocycles. The Morgan fingerprint density at radius 1 is 1.06 bits per heavy atom. The average Bonchev–Trinajstić information content (AvgIpc) is 3.33. The maximum atomic E-state index is 13.9. The number of nitrogens with one attached hydrogen (secondary N) is 1. The molecule has 5 rings (SSSR count). The highest BCUT2D eigenvalue weighted by molar-refractivity contribution is 6.36. The first-order valence-electron chi connectivity index (χ1n) is 11.4. The summed E-state index contributed by atoms with van der Waals surface area (Å²) < 4.78 is 15.9. The molecule has 1 fully saturated rings. The van der Waals surface area contributed by atoms with Gasteiger partial charge in [-0.1, -0.05) is 24.3 Å². The van der Waals surface area contributed by atoms with Crippen LogP contribution in [0.1, 0.15) is 16.8 Å². The van der Waals surface area contributed by atoms with Crippen molar-refractivity contribution in [3.63, 3.8) is 0 Å². The number of amides is 2. The molecule has 2 aliphatic rings. The molecular weight excluding hydrogens is 431 g/mol. The van der Waals surface area contributed by atoms with Crippen molar-refractivity contribution in [1.29, 1.82) is 0 Å². The third-order valence-corrected chi connectivity index (χ3v) is 6.65. The van der Waals surface area contributed by atoms with Crippen molar-refractivity contribution in [2.75, 3.05) is 38.5 Å². The Balaban J connectivity index is 1.51. The number of hydrogen-bond donors (Lipinski definition) is 1. The number of likely N-dealkylation sites (N-methyl/N-ethyl adjacent to an activating group) is 1. The van der Waals surface area contributed by atoms with E-state index in [1.165, 1.54) is 12.1 Å². The van der Waals surface area contributed by atoms with E-state index >= 15 is 0 Å². The lowest BCUT2D eigenvalue weighted by Gasteiger charge is -2.32. The predicted octanol–water partition coefficient (Wildman–Crippen LogP) is 3.64. The van der Waals surface area contributed by atoms with E-state index in [1.807, 2.05) is 59.1 Å². The number of piperazine rings is 1. The lowest BCUT2D eigenvalue weighted by molar-refractivity contribution is -0.132. The number of benzene rings is 2.